The van der Waals surface area contributed by atoms with Crippen molar-refractivity contribution in [3.8, 4) is 0 Å². The molecule has 0 saturated heterocycles. The van der Waals surface area contributed by atoms with Crippen LogP contribution >= 0.6 is 11.5 Å². The second-order valence-corrected chi connectivity index (χ2v) is 4.49. The van der Waals surface area contributed by atoms with Crippen molar-refractivity contribution in [1.29, 1.82) is 0 Å². The molecule has 0 radical (unpaired) electrons. The summed E-state index contributed by atoms with van der Waals surface area (Å²) in [6.07, 6.45) is -4.51. The van der Waals surface area contributed by atoms with Crippen molar-refractivity contribution in [2.75, 3.05) is 5.32 Å². The zero-order chi connectivity index (χ0) is 13.3. The van der Waals surface area contributed by atoms with Crippen LogP contribution in [-0.4, -0.2) is 9.36 Å². The number of anilines is 1. The monoisotopic (exact) mass is 277 g/mol. The first-order valence-corrected chi connectivity index (χ1v) is 5.87. The van der Waals surface area contributed by atoms with Crippen molar-refractivity contribution in [3.05, 3.63) is 29.5 Å². The van der Waals surface area contributed by atoms with Gasteiger partial charge in [-0.15, -0.1) is 0 Å². The van der Waals surface area contributed by atoms with E-state index in [1.54, 1.807) is 26.0 Å². The molecule has 2 rings (SSSR count). The molecular formula is C10H10F3N3OS. The van der Waals surface area contributed by atoms with Crippen molar-refractivity contribution < 1.29 is 17.6 Å². The molecule has 2 aromatic heterocycles. The van der Waals surface area contributed by atoms with Crippen molar-refractivity contribution in [3.63, 3.8) is 0 Å². The van der Waals surface area contributed by atoms with Crippen molar-refractivity contribution in [1.82, 2.24) is 9.36 Å². The predicted octanol–water partition coefficient (Wildman–Crippen LogP) is 3.63. The molecule has 1 N–H and O–H groups in total. The van der Waals surface area contributed by atoms with Crippen molar-refractivity contribution >= 4 is 16.7 Å². The summed E-state index contributed by atoms with van der Waals surface area (Å²) in [5.74, 6) is 0.251. The first kappa shape index (κ1) is 12.9. The van der Waals surface area contributed by atoms with Gasteiger partial charge in [0.2, 0.25) is 11.0 Å². The van der Waals surface area contributed by atoms with E-state index >= 15 is 0 Å². The largest absolute Gasteiger partial charge is 0.464 e. The molecule has 98 valence electrons. The lowest BCUT2D eigenvalue weighted by Gasteiger charge is -2.09. The number of furan rings is 1. The van der Waals surface area contributed by atoms with E-state index in [0.717, 1.165) is 5.76 Å². The summed E-state index contributed by atoms with van der Waals surface area (Å²) in [5, 5.41) is 2.93. The number of nitrogens with zero attached hydrogens (tertiary/aromatic N) is 2. The van der Waals surface area contributed by atoms with Crippen LogP contribution in [0.2, 0.25) is 0 Å². The van der Waals surface area contributed by atoms with Crippen molar-refractivity contribution in [2.24, 2.45) is 0 Å². The highest BCUT2D eigenvalue weighted by molar-refractivity contribution is 7.09. The molecule has 1 atom stereocenters. The van der Waals surface area contributed by atoms with Crippen LogP contribution in [0.5, 0.6) is 0 Å². The lowest BCUT2D eigenvalue weighted by atomic mass is 10.2. The van der Waals surface area contributed by atoms with Gasteiger partial charge in [0, 0.05) is 11.5 Å². The Labute approximate surface area is 105 Å². The molecule has 0 bridgehead atoms. The molecule has 2 heterocycles. The van der Waals surface area contributed by atoms with Crippen LogP contribution in [0, 0.1) is 6.92 Å². The summed E-state index contributed by atoms with van der Waals surface area (Å²) in [5.41, 5.74) is 0. The Morgan fingerprint density at radius 1 is 1.39 bits per heavy atom. The lowest BCUT2D eigenvalue weighted by Crippen LogP contribution is -2.09. The van der Waals surface area contributed by atoms with Crippen LogP contribution < -0.4 is 5.32 Å². The third-order valence-electron chi connectivity index (χ3n) is 2.21. The van der Waals surface area contributed by atoms with Gasteiger partial charge < -0.3 is 9.73 Å². The zero-order valence-electron chi connectivity index (χ0n) is 9.58. The van der Waals surface area contributed by atoms with Gasteiger partial charge in [-0.25, -0.2) is 0 Å². The Morgan fingerprint density at radius 3 is 2.61 bits per heavy atom. The van der Waals surface area contributed by atoms with E-state index in [1.165, 1.54) is 0 Å². The van der Waals surface area contributed by atoms with Crippen LogP contribution in [0.1, 0.15) is 30.3 Å². The van der Waals surface area contributed by atoms with Gasteiger partial charge in [0.25, 0.3) is 0 Å². The number of hydrogen-bond donors (Lipinski definition) is 1. The molecule has 18 heavy (non-hydrogen) atoms. The number of alkyl halides is 3. The molecule has 0 aliphatic rings. The van der Waals surface area contributed by atoms with E-state index in [-0.39, 0.29) is 11.2 Å². The van der Waals surface area contributed by atoms with Gasteiger partial charge in [-0.2, -0.15) is 22.5 Å². The van der Waals surface area contributed by atoms with Gasteiger partial charge in [0.1, 0.15) is 11.5 Å². The van der Waals surface area contributed by atoms with Crippen LogP contribution in [0.4, 0.5) is 18.3 Å². The number of hydrogen-bond acceptors (Lipinski definition) is 5. The highest BCUT2D eigenvalue weighted by Crippen LogP contribution is 2.30. The molecule has 8 heteroatoms. The second-order valence-electron chi connectivity index (χ2n) is 3.74. The van der Waals surface area contributed by atoms with Gasteiger partial charge in [0.05, 0.1) is 6.04 Å². The highest BCUT2D eigenvalue weighted by Gasteiger charge is 2.36. The molecule has 4 nitrogen and oxygen atoms in total. The summed E-state index contributed by atoms with van der Waals surface area (Å²) in [4.78, 5) is 3.38. The van der Waals surface area contributed by atoms with Gasteiger partial charge >= 0.3 is 6.18 Å². The number of rotatable bonds is 3. The minimum absolute atomic E-state index is 0.115. The molecular weight excluding hydrogens is 267 g/mol. The van der Waals surface area contributed by atoms with E-state index in [9.17, 15) is 13.2 Å². The maximum absolute atomic E-state index is 12.3. The Balaban J connectivity index is 2.08. The van der Waals surface area contributed by atoms with Gasteiger partial charge in [-0.1, -0.05) is 0 Å². The third kappa shape index (κ3) is 2.81. The summed E-state index contributed by atoms with van der Waals surface area (Å²) < 4.78 is 45.5. The first-order chi connectivity index (χ1) is 8.36. The van der Waals surface area contributed by atoms with E-state index in [2.05, 4.69) is 14.7 Å². The maximum atomic E-state index is 12.3. The quantitative estimate of drug-likeness (QED) is 0.930. The summed E-state index contributed by atoms with van der Waals surface area (Å²) >= 11 is 0.672. The predicted molar refractivity (Wildman–Crippen MR) is 60.4 cm³/mol. The third-order valence-corrected chi connectivity index (χ3v) is 2.85. The molecule has 0 aliphatic carbocycles. The fourth-order valence-corrected chi connectivity index (χ4v) is 2.01. The van der Waals surface area contributed by atoms with Crippen LogP contribution in [0.3, 0.4) is 0 Å². The Hall–Kier alpha value is -1.57. The maximum Gasteiger partial charge on any atom is 0.452 e. The molecule has 0 aromatic carbocycles. The normalized spacial score (nSPS) is 13.6. The number of aryl methyl sites for hydroxylation is 1. The van der Waals surface area contributed by atoms with Crippen LogP contribution in [-0.2, 0) is 6.18 Å². The smallest absolute Gasteiger partial charge is 0.452 e. The number of aromatic nitrogens is 2. The summed E-state index contributed by atoms with van der Waals surface area (Å²) in [7, 11) is 0. The minimum Gasteiger partial charge on any atom is -0.464 e. The zero-order valence-corrected chi connectivity index (χ0v) is 10.4. The second kappa shape index (κ2) is 4.60. The lowest BCUT2D eigenvalue weighted by molar-refractivity contribution is -0.144. The average Bonchev–Trinajstić information content (AvgIpc) is 2.85. The average molecular weight is 277 g/mol. The van der Waals surface area contributed by atoms with Crippen LogP contribution in [0.15, 0.2) is 16.5 Å². The molecule has 0 saturated carbocycles. The van der Waals surface area contributed by atoms with Crippen LogP contribution in [0.25, 0.3) is 0 Å². The van der Waals surface area contributed by atoms with E-state index in [1.807, 2.05) is 0 Å². The molecule has 0 amide bonds. The van der Waals surface area contributed by atoms with Gasteiger partial charge in [-0.3, -0.25) is 0 Å². The van der Waals surface area contributed by atoms with Crippen molar-refractivity contribution in [2.45, 2.75) is 26.1 Å². The molecule has 1 unspecified atom stereocenters. The summed E-state index contributed by atoms with van der Waals surface area (Å²) in [6, 6.07) is 3.28. The van der Waals surface area contributed by atoms with E-state index in [0.29, 0.717) is 17.3 Å². The van der Waals surface area contributed by atoms with E-state index in [4.69, 9.17) is 4.42 Å². The first-order valence-electron chi connectivity index (χ1n) is 5.10. The molecule has 0 spiro atoms. The fourth-order valence-electron chi connectivity index (χ4n) is 1.34. The standard InChI is InChI=1S/C10H10F3N3OS/c1-5-3-4-7(17-5)6(2)14-9-15-8(16-18-9)10(11,12)13/h3-4,6H,1-2H3,(H,14,15,16). The highest BCUT2D eigenvalue weighted by atomic mass is 32.1. The minimum atomic E-state index is -4.51. The Morgan fingerprint density at radius 2 is 2.11 bits per heavy atom. The fraction of sp³-hybridized carbons (Fsp3) is 0.400. The number of nitrogens with one attached hydrogen (secondary N) is 1. The summed E-state index contributed by atoms with van der Waals surface area (Å²) in [6.45, 7) is 3.57. The topological polar surface area (TPSA) is 51.0 Å². The number of halogens is 3. The van der Waals surface area contributed by atoms with E-state index < -0.39 is 12.0 Å². The molecule has 0 aliphatic heterocycles. The Bertz CT molecular complexity index is 534. The van der Waals surface area contributed by atoms with Gasteiger partial charge in [0.15, 0.2) is 0 Å². The SMILES string of the molecule is Cc1ccc(C(C)Nc2nc(C(F)(F)F)ns2)o1. The molecule has 0 fully saturated rings. The molecule has 2 aromatic rings. The van der Waals surface area contributed by atoms with Gasteiger partial charge in [-0.05, 0) is 26.0 Å². The Kier molecular flexibility index (Phi) is 3.29.